The van der Waals surface area contributed by atoms with Gasteiger partial charge in [0.15, 0.2) is 0 Å². The minimum absolute atomic E-state index is 0.00940. The zero-order chi connectivity index (χ0) is 22.4. The van der Waals surface area contributed by atoms with Gasteiger partial charge in [-0.05, 0) is 39.8 Å². The van der Waals surface area contributed by atoms with Crippen molar-refractivity contribution < 1.29 is 14.3 Å². The standard InChI is InChI=1S/C27H29NO3/c1-27(2,3)23-16-14-22(15-17-23)25(29)28-24(26(30)31-4)18-19-10-12-21(13-11-19)20-8-6-5-7-9-20/h5-17,24H,18H2,1-4H3,(H,28,29)/t24-/m1/s1. The Morgan fingerprint density at radius 1 is 0.839 bits per heavy atom. The lowest BCUT2D eigenvalue weighted by molar-refractivity contribution is -0.142. The van der Waals surface area contributed by atoms with Gasteiger partial charge in [0.05, 0.1) is 7.11 Å². The average molecular weight is 416 g/mol. The summed E-state index contributed by atoms with van der Waals surface area (Å²) in [6.45, 7) is 6.37. The number of methoxy groups -OCH3 is 1. The lowest BCUT2D eigenvalue weighted by Crippen LogP contribution is -2.43. The highest BCUT2D eigenvalue weighted by Crippen LogP contribution is 2.22. The molecule has 160 valence electrons. The first-order valence-electron chi connectivity index (χ1n) is 10.4. The summed E-state index contributed by atoms with van der Waals surface area (Å²) in [6, 6.07) is 24.8. The van der Waals surface area contributed by atoms with Crippen molar-refractivity contribution in [2.45, 2.75) is 38.6 Å². The summed E-state index contributed by atoms with van der Waals surface area (Å²) in [5, 5.41) is 2.82. The average Bonchev–Trinajstić information content (AvgIpc) is 2.78. The molecule has 0 aromatic heterocycles. The molecule has 3 aromatic rings. The Morgan fingerprint density at radius 3 is 1.97 bits per heavy atom. The van der Waals surface area contributed by atoms with E-state index < -0.39 is 12.0 Å². The van der Waals surface area contributed by atoms with E-state index >= 15 is 0 Å². The smallest absolute Gasteiger partial charge is 0.328 e. The third-order valence-electron chi connectivity index (χ3n) is 5.31. The van der Waals surface area contributed by atoms with Crippen molar-refractivity contribution in [3.63, 3.8) is 0 Å². The van der Waals surface area contributed by atoms with Crippen LogP contribution in [0.15, 0.2) is 78.9 Å². The monoisotopic (exact) mass is 415 g/mol. The molecule has 0 aliphatic carbocycles. The number of amides is 1. The lowest BCUT2D eigenvalue weighted by Gasteiger charge is -2.20. The molecular weight excluding hydrogens is 386 g/mol. The molecule has 0 saturated carbocycles. The predicted octanol–water partition coefficient (Wildman–Crippen LogP) is 5.17. The van der Waals surface area contributed by atoms with E-state index in [4.69, 9.17) is 4.74 Å². The van der Waals surface area contributed by atoms with E-state index in [9.17, 15) is 9.59 Å². The molecule has 31 heavy (non-hydrogen) atoms. The maximum atomic E-state index is 12.7. The van der Waals surface area contributed by atoms with Gasteiger partial charge >= 0.3 is 5.97 Å². The van der Waals surface area contributed by atoms with E-state index in [0.29, 0.717) is 12.0 Å². The maximum absolute atomic E-state index is 12.7. The third kappa shape index (κ3) is 5.82. The van der Waals surface area contributed by atoms with Gasteiger partial charge in [0.1, 0.15) is 6.04 Å². The Bertz CT molecular complexity index is 1020. The summed E-state index contributed by atoms with van der Waals surface area (Å²) < 4.78 is 4.92. The number of esters is 1. The van der Waals surface area contributed by atoms with Gasteiger partial charge in [0.25, 0.3) is 5.91 Å². The van der Waals surface area contributed by atoms with Crippen LogP contribution < -0.4 is 5.32 Å². The Hall–Kier alpha value is -3.40. The molecule has 0 saturated heterocycles. The summed E-state index contributed by atoms with van der Waals surface area (Å²) >= 11 is 0. The van der Waals surface area contributed by atoms with Crippen LogP contribution in [0, 0.1) is 0 Å². The largest absolute Gasteiger partial charge is 0.467 e. The molecule has 0 spiro atoms. The number of benzene rings is 3. The van der Waals surface area contributed by atoms with Crippen LogP contribution in [0.5, 0.6) is 0 Å². The van der Waals surface area contributed by atoms with Crippen molar-refractivity contribution in [1.29, 1.82) is 0 Å². The van der Waals surface area contributed by atoms with Crippen molar-refractivity contribution in [3.05, 3.63) is 95.6 Å². The first-order chi connectivity index (χ1) is 14.8. The number of hydrogen-bond acceptors (Lipinski definition) is 3. The minimum Gasteiger partial charge on any atom is -0.467 e. The first kappa shape index (κ1) is 22.3. The van der Waals surface area contributed by atoms with Gasteiger partial charge in [0, 0.05) is 12.0 Å². The maximum Gasteiger partial charge on any atom is 0.328 e. The van der Waals surface area contributed by atoms with Gasteiger partial charge in [-0.2, -0.15) is 0 Å². The van der Waals surface area contributed by atoms with E-state index in [1.807, 2.05) is 54.6 Å². The van der Waals surface area contributed by atoms with Crippen LogP contribution >= 0.6 is 0 Å². The highest BCUT2D eigenvalue weighted by atomic mass is 16.5. The van der Waals surface area contributed by atoms with Gasteiger partial charge in [-0.25, -0.2) is 4.79 Å². The molecule has 1 N–H and O–H groups in total. The quantitative estimate of drug-likeness (QED) is 0.566. The van der Waals surface area contributed by atoms with Crippen LogP contribution in [-0.2, 0) is 21.4 Å². The van der Waals surface area contributed by atoms with Gasteiger partial charge < -0.3 is 10.1 Å². The van der Waals surface area contributed by atoms with Gasteiger partial charge in [-0.3, -0.25) is 4.79 Å². The summed E-state index contributed by atoms with van der Waals surface area (Å²) in [4.78, 5) is 25.1. The molecule has 0 heterocycles. The molecule has 0 unspecified atom stereocenters. The normalized spacial score (nSPS) is 12.1. The Kier molecular flexibility index (Phi) is 6.91. The number of ether oxygens (including phenoxy) is 1. The fourth-order valence-electron chi connectivity index (χ4n) is 3.40. The molecule has 3 aromatic carbocycles. The van der Waals surface area contributed by atoms with E-state index in [2.05, 4.69) is 38.2 Å². The van der Waals surface area contributed by atoms with E-state index in [1.54, 1.807) is 12.1 Å². The number of carbonyl (C=O) groups excluding carboxylic acids is 2. The Balaban J connectivity index is 1.72. The first-order valence-corrected chi connectivity index (χ1v) is 10.4. The topological polar surface area (TPSA) is 55.4 Å². The minimum atomic E-state index is -0.762. The molecule has 0 fully saturated rings. The second-order valence-electron chi connectivity index (χ2n) is 8.64. The van der Waals surface area contributed by atoms with Crippen LogP contribution in [0.4, 0.5) is 0 Å². The number of nitrogens with one attached hydrogen (secondary N) is 1. The molecule has 3 rings (SSSR count). The molecule has 0 aliphatic rings. The summed E-state index contributed by atoms with van der Waals surface area (Å²) in [5.41, 5.74) is 4.84. The molecule has 1 atom stereocenters. The molecule has 1 amide bonds. The number of rotatable bonds is 6. The zero-order valence-corrected chi connectivity index (χ0v) is 18.5. The molecule has 0 radical (unpaired) electrons. The fraction of sp³-hybridized carbons (Fsp3) is 0.259. The molecule has 4 nitrogen and oxygen atoms in total. The second kappa shape index (κ2) is 9.61. The summed E-state index contributed by atoms with van der Waals surface area (Å²) in [7, 11) is 1.33. The molecular formula is C27H29NO3. The van der Waals surface area contributed by atoms with Gasteiger partial charge in [-0.15, -0.1) is 0 Å². The van der Waals surface area contributed by atoms with Crippen LogP contribution in [-0.4, -0.2) is 25.0 Å². The predicted molar refractivity (Wildman–Crippen MR) is 124 cm³/mol. The third-order valence-corrected chi connectivity index (χ3v) is 5.31. The Morgan fingerprint density at radius 2 is 1.42 bits per heavy atom. The van der Waals surface area contributed by atoms with Crippen molar-refractivity contribution in [1.82, 2.24) is 5.32 Å². The van der Waals surface area contributed by atoms with Crippen LogP contribution in [0.2, 0.25) is 0 Å². The summed E-state index contributed by atoms with van der Waals surface area (Å²) in [5.74, 6) is -0.761. The molecule has 0 aliphatic heterocycles. The zero-order valence-electron chi connectivity index (χ0n) is 18.5. The van der Waals surface area contributed by atoms with Crippen LogP contribution in [0.25, 0.3) is 11.1 Å². The van der Waals surface area contributed by atoms with Crippen LogP contribution in [0.3, 0.4) is 0 Å². The van der Waals surface area contributed by atoms with E-state index in [-0.39, 0.29) is 11.3 Å². The number of carbonyl (C=O) groups is 2. The number of hydrogen-bond donors (Lipinski definition) is 1. The van der Waals surface area contributed by atoms with Crippen molar-refractivity contribution in [2.75, 3.05) is 7.11 Å². The molecule has 4 heteroatoms. The molecule has 0 bridgehead atoms. The van der Waals surface area contributed by atoms with Crippen LogP contribution in [0.1, 0.15) is 42.3 Å². The van der Waals surface area contributed by atoms with Crippen molar-refractivity contribution >= 4 is 11.9 Å². The SMILES string of the molecule is COC(=O)[C@@H](Cc1ccc(-c2ccccc2)cc1)NC(=O)c1ccc(C(C)(C)C)cc1. The van der Waals surface area contributed by atoms with Gasteiger partial charge in [0.2, 0.25) is 0 Å². The Labute approximate surface area is 184 Å². The van der Waals surface area contributed by atoms with E-state index in [0.717, 1.165) is 22.3 Å². The van der Waals surface area contributed by atoms with Crippen molar-refractivity contribution in [2.24, 2.45) is 0 Å². The summed E-state index contributed by atoms with van der Waals surface area (Å²) in [6.07, 6.45) is 0.355. The van der Waals surface area contributed by atoms with Gasteiger partial charge in [-0.1, -0.05) is 87.5 Å². The fourth-order valence-corrected chi connectivity index (χ4v) is 3.40. The van der Waals surface area contributed by atoms with Crippen molar-refractivity contribution in [3.8, 4) is 11.1 Å². The lowest BCUT2D eigenvalue weighted by atomic mass is 9.86. The highest BCUT2D eigenvalue weighted by molar-refractivity contribution is 5.96. The second-order valence-corrected chi connectivity index (χ2v) is 8.64. The highest BCUT2D eigenvalue weighted by Gasteiger charge is 2.23. The van der Waals surface area contributed by atoms with E-state index in [1.165, 1.54) is 7.11 Å².